The molecule has 0 aliphatic rings. The summed E-state index contributed by atoms with van der Waals surface area (Å²) in [5, 5.41) is 0. The number of halogens is 1. The summed E-state index contributed by atoms with van der Waals surface area (Å²) in [6.45, 7) is 1.30. The first kappa shape index (κ1) is 6.13. The van der Waals surface area contributed by atoms with Gasteiger partial charge in [-0.2, -0.15) is 0 Å². The third kappa shape index (κ3) is 1.45. The first-order valence-electron chi connectivity index (χ1n) is 2.66. The van der Waals surface area contributed by atoms with E-state index < -0.39 is 6.67 Å². The zero-order valence-electron chi connectivity index (χ0n) is 5.13. The molecule has 0 saturated heterocycles. The Morgan fingerprint density at radius 3 is 2.78 bits per heavy atom. The van der Waals surface area contributed by atoms with Crippen LogP contribution >= 0.6 is 0 Å². The number of hydrogen-bond donors (Lipinski definition) is 0. The van der Waals surface area contributed by atoms with E-state index in [0.717, 1.165) is 5.69 Å². The zero-order valence-corrected chi connectivity index (χ0v) is 5.13. The second-order valence-electron chi connectivity index (χ2n) is 1.78. The molecule has 9 heavy (non-hydrogen) atoms. The average Bonchev–Trinajstić information content (AvgIpc) is 1.88. The fraction of sp³-hybridized carbons (Fsp3) is 0.333. The van der Waals surface area contributed by atoms with Crippen molar-refractivity contribution >= 4 is 0 Å². The van der Waals surface area contributed by atoms with Gasteiger partial charge in [-0.1, -0.05) is 0 Å². The summed E-state index contributed by atoms with van der Waals surface area (Å²) < 4.78 is 11.8. The molecule has 2 nitrogen and oxygen atoms in total. The van der Waals surface area contributed by atoms with Crippen LogP contribution in [0.3, 0.4) is 0 Å². The predicted molar refractivity (Wildman–Crippen MR) is 31.6 cm³/mol. The Labute approximate surface area is 52.8 Å². The van der Waals surface area contributed by atoms with Gasteiger partial charge in [-0.15, -0.1) is 0 Å². The summed E-state index contributed by atoms with van der Waals surface area (Å²) in [7, 11) is 0. The minimum Gasteiger partial charge on any atom is -0.244 e. The van der Waals surface area contributed by atoms with Crippen molar-refractivity contribution in [2.75, 3.05) is 0 Å². The standard InChI is InChI=1S/C6H7FN2/c1-5-2-6(3-7)9-4-8-5/h2,4H,3H2,1H3. The fourth-order valence-corrected chi connectivity index (χ4v) is 0.583. The molecule has 1 aromatic heterocycles. The van der Waals surface area contributed by atoms with E-state index in [1.54, 1.807) is 13.0 Å². The van der Waals surface area contributed by atoms with E-state index in [1.807, 2.05) is 0 Å². The van der Waals surface area contributed by atoms with Crippen molar-refractivity contribution < 1.29 is 4.39 Å². The van der Waals surface area contributed by atoms with Crippen LogP contribution in [0.15, 0.2) is 12.4 Å². The number of aryl methyl sites for hydroxylation is 1. The van der Waals surface area contributed by atoms with E-state index >= 15 is 0 Å². The van der Waals surface area contributed by atoms with Crippen molar-refractivity contribution in [3.05, 3.63) is 23.8 Å². The molecule has 0 amide bonds. The molecule has 0 unspecified atom stereocenters. The van der Waals surface area contributed by atoms with Gasteiger partial charge in [-0.05, 0) is 13.0 Å². The van der Waals surface area contributed by atoms with E-state index in [2.05, 4.69) is 9.97 Å². The first-order chi connectivity index (χ1) is 4.33. The normalized spacial score (nSPS) is 9.56. The molecule has 0 atom stereocenters. The lowest BCUT2D eigenvalue weighted by Gasteiger charge is -1.91. The van der Waals surface area contributed by atoms with E-state index in [0.29, 0.717) is 5.69 Å². The number of aromatic nitrogens is 2. The molecular formula is C6H7FN2. The van der Waals surface area contributed by atoms with Gasteiger partial charge in [-0.25, -0.2) is 14.4 Å². The molecule has 1 aromatic rings. The van der Waals surface area contributed by atoms with E-state index in [1.165, 1.54) is 6.33 Å². The van der Waals surface area contributed by atoms with E-state index in [4.69, 9.17) is 0 Å². The van der Waals surface area contributed by atoms with E-state index in [9.17, 15) is 4.39 Å². The van der Waals surface area contributed by atoms with Crippen molar-refractivity contribution in [3.63, 3.8) is 0 Å². The highest BCUT2D eigenvalue weighted by atomic mass is 19.1. The van der Waals surface area contributed by atoms with Gasteiger partial charge >= 0.3 is 0 Å². The van der Waals surface area contributed by atoms with Gasteiger partial charge in [0, 0.05) is 5.69 Å². The number of rotatable bonds is 1. The van der Waals surface area contributed by atoms with Crippen LogP contribution in [0.25, 0.3) is 0 Å². The largest absolute Gasteiger partial charge is 0.244 e. The van der Waals surface area contributed by atoms with Crippen molar-refractivity contribution in [2.24, 2.45) is 0 Å². The second kappa shape index (κ2) is 2.53. The van der Waals surface area contributed by atoms with Gasteiger partial charge in [0.15, 0.2) is 0 Å². The molecule has 3 heteroatoms. The highest BCUT2D eigenvalue weighted by Gasteiger charge is 1.90. The van der Waals surface area contributed by atoms with Crippen LogP contribution in [0.4, 0.5) is 4.39 Å². The summed E-state index contributed by atoms with van der Waals surface area (Å²) in [5.74, 6) is 0. The number of nitrogens with zero attached hydrogens (tertiary/aromatic N) is 2. The maximum atomic E-state index is 11.8. The number of alkyl halides is 1. The second-order valence-corrected chi connectivity index (χ2v) is 1.78. The molecule has 0 N–H and O–H groups in total. The molecule has 1 heterocycles. The Morgan fingerprint density at radius 2 is 2.33 bits per heavy atom. The van der Waals surface area contributed by atoms with Crippen molar-refractivity contribution in [2.45, 2.75) is 13.6 Å². The molecule has 0 spiro atoms. The summed E-state index contributed by atoms with van der Waals surface area (Å²) in [6.07, 6.45) is 1.37. The maximum Gasteiger partial charge on any atom is 0.132 e. The maximum absolute atomic E-state index is 11.8. The highest BCUT2D eigenvalue weighted by molar-refractivity contribution is 5.04. The molecule has 0 fully saturated rings. The Hall–Kier alpha value is -0.990. The molecule has 0 aliphatic carbocycles. The van der Waals surface area contributed by atoms with Gasteiger partial charge in [0.25, 0.3) is 0 Å². The zero-order chi connectivity index (χ0) is 6.69. The van der Waals surface area contributed by atoms with Gasteiger partial charge in [0.1, 0.15) is 13.0 Å². The Morgan fingerprint density at radius 1 is 1.56 bits per heavy atom. The third-order valence-electron chi connectivity index (χ3n) is 0.997. The summed E-state index contributed by atoms with van der Waals surface area (Å²) in [5.41, 5.74) is 1.25. The monoisotopic (exact) mass is 126 g/mol. The van der Waals surface area contributed by atoms with Gasteiger partial charge in [-0.3, -0.25) is 0 Å². The molecule has 0 saturated carbocycles. The summed E-state index contributed by atoms with van der Waals surface area (Å²) in [6, 6.07) is 1.62. The van der Waals surface area contributed by atoms with Gasteiger partial charge in [0.05, 0.1) is 5.69 Å². The molecule has 48 valence electrons. The minimum atomic E-state index is -0.511. The van der Waals surface area contributed by atoms with Crippen molar-refractivity contribution in [1.29, 1.82) is 0 Å². The molecule has 1 rings (SSSR count). The van der Waals surface area contributed by atoms with Crippen LogP contribution in [0.2, 0.25) is 0 Å². The lowest BCUT2D eigenvalue weighted by molar-refractivity contribution is 0.475. The molecule has 0 aromatic carbocycles. The third-order valence-corrected chi connectivity index (χ3v) is 0.997. The highest BCUT2D eigenvalue weighted by Crippen LogP contribution is 1.96. The predicted octanol–water partition coefficient (Wildman–Crippen LogP) is 1.25. The van der Waals surface area contributed by atoms with Crippen molar-refractivity contribution in [3.8, 4) is 0 Å². The average molecular weight is 126 g/mol. The first-order valence-corrected chi connectivity index (χ1v) is 2.66. The minimum absolute atomic E-state index is 0.447. The Kier molecular flexibility index (Phi) is 1.72. The van der Waals surface area contributed by atoms with E-state index in [-0.39, 0.29) is 0 Å². The molecule has 0 bridgehead atoms. The van der Waals surface area contributed by atoms with Crippen LogP contribution in [0.1, 0.15) is 11.4 Å². The summed E-state index contributed by atoms with van der Waals surface area (Å²) in [4.78, 5) is 7.48. The van der Waals surface area contributed by atoms with Crippen molar-refractivity contribution in [1.82, 2.24) is 9.97 Å². The molecule has 0 aliphatic heterocycles. The summed E-state index contributed by atoms with van der Waals surface area (Å²) >= 11 is 0. The number of hydrogen-bond acceptors (Lipinski definition) is 2. The van der Waals surface area contributed by atoms with Gasteiger partial charge in [0.2, 0.25) is 0 Å². The topological polar surface area (TPSA) is 25.8 Å². The van der Waals surface area contributed by atoms with Crippen LogP contribution in [-0.2, 0) is 6.67 Å². The fourth-order valence-electron chi connectivity index (χ4n) is 0.583. The Bertz CT molecular complexity index is 200. The molecular weight excluding hydrogens is 119 g/mol. The smallest absolute Gasteiger partial charge is 0.132 e. The van der Waals surface area contributed by atoms with Crippen LogP contribution in [0, 0.1) is 6.92 Å². The lowest BCUT2D eigenvalue weighted by atomic mass is 10.4. The van der Waals surface area contributed by atoms with Crippen LogP contribution in [-0.4, -0.2) is 9.97 Å². The Balaban J connectivity index is 2.94. The SMILES string of the molecule is Cc1cc(CF)ncn1. The van der Waals surface area contributed by atoms with Gasteiger partial charge < -0.3 is 0 Å². The van der Waals surface area contributed by atoms with Crippen LogP contribution in [0.5, 0.6) is 0 Å². The quantitative estimate of drug-likeness (QED) is 0.566. The lowest BCUT2D eigenvalue weighted by Crippen LogP contribution is -1.88. The molecule has 0 radical (unpaired) electrons. The van der Waals surface area contributed by atoms with Crippen LogP contribution < -0.4 is 0 Å².